The standard InChI is InChI=1S/C20H38O7S.Na.H2O2.H/c1-3-5-7-9-11-13-15-26-19(21)17-18(28(23,24)25)20(22)27-16-14-12-10-8-6-4-2;;1-2;/h18H,3-17H2,1-2H3,(H,23,24,25);;1-2H;. The number of hydrogen-bond acceptors (Lipinski definition) is 8. The summed E-state index contributed by atoms with van der Waals surface area (Å²) in [7, 11) is -4.73. The fraction of sp³-hybridized carbons (Fsp3) is 0.900. The molecule has 0 aliphatic heterocycles. The van der Waals surface area contributed by atoms with E-state index >= 15 is 0 Å². The first-order chi connectivity index (χ1) is 14.3. The molecule has 0 aromatic carbocycles. The molecule has 3 N–H and O–H groups in total. The van der Waals surface area contributed by atoms with Crippen LogP contribution in [-0.2, 0) is 29.2 Å². The Hall–Kier alpha value is -0.230. The number of rotatable bonds is 18. The summed E-state index contributed by atoms with van der Waals surface area (Å²) < 4.78 is 42.0. The fourth-order valence-electron chi connectivity index (χ4n) is 2.74. The maximum absolute atomic E-state index is 12.0. The number of carbonyl (C=O) groups excluding carboxylic acids is 2. The molecule has 31 heavy (non-hydrogen) atoms. The monoisotopic (exact) mass is 480 g/mol. The van der Waals surface area contributed by atoms with Crippen LogP contribution in [0.5, 0.6) is 0 Å². The molecule has 0 radical (unpaired) electrons. The minimum absolute atomic E-state index is 0. The molecular weight excluding hydrogens is 439 g/mol. The van der Waals surface area contributed by atoms with Crippen LogP contribution >= 0.6 is 0 Å². The SMILES string of the molecule is CCCCCCCCOC(=O)CC(C(=O)OCCCCCCCC)S(=O)(=O)O.OO.[NaH]. The molecule has 0 amide bonds. The van der Waals surface area contributed by atoms with Crippen LogP contribution in [-0.4, -0.2) is 83.4 Å². The van der Waals surface area contributed by atoms with Gasteiger partial charge in [-0.25, -0.2) is 0 Å². The van der Waals surface area contributed by atoms with Crippen molar-refractivity contribution in [2.24, 2.45) is 0 Å². The molecule has 1 unspecified atom stereocenters. The Balaban J connectivity index is -0.00000253. The summed E-state index contributed by atoms with van der Waals surface area (Å²) in [5.74, 6) is -1.93. The summed E-state index contributed by atoms with van der Waals surface area (Å²) in [6, 6.07) is 0. The predicted octanol–water partition coefficient (Wildman–Crippen LogP) is 3.81. The van der Waals surface area contributed by atoms with E-state index in [1.54, 1.807) is 0 Å². The molecule has 0 spiro atoms. The van der Waals surface area contributed by atoms with Gasteiger partial charge in [-0.15, -0.1) is 0 Å². The average Bonchev–Trinajstić information content (AvgIpc) is 2.71. The Morgan fingerprint density at radius 2 is 1.13 bits per heavy atom. The molecule has 11 heteroatoms. The number of ether oxygens (including phenoxy) is 2. The van der Waals surface area contributed by atoms with Crippen LogP contribution in [0.1, 0.15) is 97.3 Å². The van der Waals surface area contributed by atoms with E-state index in [0.29, 0.717) is 12.8 Å². The van der Waals surface area contributed by atoms with Gasteiger partial charge in [0.05, 0.1) is 19.6 Å². The summed E-state index contributed by atoms with van der Waals surface area (Å²) in [4.78, 5) is 23.8. The minimum atomic E-state index is -4.73. The summed E-state index contributed by atoms with van der Waals surface area (Å²) >= 11 is 0. The number of unbranched alkanes of at least 4 members (excludes halogenated alkanes) is 10. The topological polar surface area (TPSA) is 147 Å². The van der Waals surface area contributed by atoms with Crippen molar-refractivity contribution in [3.63, 3.8) is 0 Å². The van der Waals surface area contributed by atoms with E-state index in [0.717, 1.165) is 57.8 Å². The third-order valence-electron chi connectivity index (χ3n) is 4.48. The van der Waals surface area contributed by atoms with Gasteiger partial charge >= 0.3 is 41.5 Å². The Bertz CT molecular complexity index is 527. The van der Waals surface area contributed by atoms with Crippen molar-refractivity contribution in [1.82, 2.24) is 0 Å². The second kappa shape index (κ2) is 24.4. The molecular formula is C20H41NaO9S. The first-order valence-corrected chi connectivity index (χ1v) is 12.3. The molecule has 0 fully saturated rings. The summed E-state index contributed by atoms with van der Waals surface area (Å²) in [6.45, 7) is 4.50. The molecule has 0 aliphatic rings. The van der Waals surface area contributed by atoms with Crippen LogP contribution in [0, 0.1) is 0 Å². The van der Waals surface area contributed by atoms with Crippen molar-refractivity contribution >= 4 is 51.6 Å². The third-order valence-corrected chi connectivity index (χ3v) is 5.56. The Labute approximate surface area is 209 Å². The summed E-state index contributed by atoms with van der Waals surface area (Å²) in [5, 5.41) is 10.1. The summed E-state index contributed by atoms with van der Waals surface area (Å²) in [5.41, 5.74) is 0. The van der Waals surface area contributed by atoms with E-state index in [4.69, 9.17) is 20.0 Å². The predicted molar refractivity (Wildman–Crippen MR) is 121 cm³/mol. The van der Waals surface area contributed by atoms with Crippen LogP contribution < -0.4 is 0 Å². The van der Waals surface area contributed by atoms with Crippen molar-refractivity contribution < 1.29 is 42.5 Å². The van der Waals surface area contributed by atoms with Crippen LogP contribution in [0.25, 0.3) is 0 Å². The first kappa shape index (κ1) is 35.4. The summed E-state index contributed by atoms with van der Waals surface area (Å²) in [6.07, 6.45) is 11.3. The van der Waals surface area contributed by atoms with E-state index in [1.807, 2.05) is 0 Å². The van der Waals surface area contributed by atoms with Crippen LogP contribution in [0.15, 0.2) is 0 Å². The van der Waals surface area contributed by atoms with E-state index in [2.05, 4.69) is 13.8 Å². The van der Waals surface area contributed by atoms with Crippen LogP contribution in [0.4, 0.5) is 0 Å². The van der Waals surface area contributed by atoms with Crippen molar-refractivity contribution in [3.05, 3.63) is 0 Å². The van der Waals surface area contributed by atoms with Gasteiger partial charge in [-0.1, -0.05) is 78.1 Å². The normalized spacial score (nSPS) is 11.5. The quantitative estimate of drug-likeness (QED) is 0.0665. The van der Waals surface area contributed by atoms with Crippen molar-refractivity contribution in [3.8, 4) is 0 Å². The second-order valence-electron chi connectivity index (χ2n) is 7.13. The second-order valence-corrected chi connectivity index (χ2v) is 8.73. The molecule has 9 nitrogen and oxygen atoms in total. The van der Waals surface area contributed by atoms with E-state index in [1.165, 1.54) is 6.42 Å². The van der Waals surface area contributed by atoms with Gasteiger partial charge in [-0.2, -0.15) is 8.42 Å². The Kier molecular flexibility index (Phi) is 27.8. The molecule has 0 bridgehead atoms. The van der Waals surface area contributed by atoms with Crippen molar-refractivity contribution in [2.45, 2.75) is 103 Å². The van der Waals surface area contributed by atoms with E-state index < -0.39 is 33.7 Å². The molecule has 0 rings (SSSR count). The fourth-order valence-corrected chi connectivity index (χ4v) is 3.39. The Morgan fingerprint density at radius 1 is 0.742 bits per heavy atom. The molecule has 0 aromatic rings. The zero-order valence-corrected chi connectivity index (χ0v) is 19.2. The van der Waals surface area contributed by atoms with Gasteiger partial charge in [0.25, 0.3) is 10.1 Å². The van der Waals surface area contributed by atoms with Crippen molar-refractivity contribution in [1.29, 1.82) is 0 Å². The number of carbonyl (C=O) groups is 2. The van der Waals surface area contributed by atoms with Crippen LogP contribution in [0.2, 0.25) is 0 Å². The van der Waals surface area contributed by atoms with Gasteiger partial charge in [-0.3, -0.25) is 24.7 Å². The Morgan fingerprint density at radius 3 is 1.55 bits per heavy atom. The molecule has 0 aromatic heterocycles. The van der Waals surface area contributed by atoms with E-state index in [-0.39, 0.29) is 42.8 Å². The van der Waals surface area contributed by atoms with Crippen LogP contribution in [0.3, 0.4) is 0 Å². The maximum atomic E-state index is 12.0. The molecule has 0 saturated heterocycles. The van der Waals surface area contributed by atoms with Gasteiger partial charge in [0.1, 0.15) is 0 Å². The molecule has 0 heterocycles. The molecule has 0 aliphatic carbocycles. The van der Waals surface area contributed by atoms with Gasteiger partial charge in [0, 0.05) is 0 Å². The molecule has 0 saturated carbocycles. The molecule has 1 atom stereocenters. The molecule has 182 valence electrons. The zero-order chi connectivity index (χ0) is 23.3. The number of hydrogen-bond donors (Lipinski definition) is 3. The average molecular weight is 481 g/mol. The zero-order valence-electron chi connectivity index (χ0n) is 18.4. The van der Waals surface area contributed by atoms with E-state index in [9.17, 15) is 22.6 Å². The van der Waals surface area contributed by atoms with Gasteiger partial charge in [0.2, 0.25) is 0 Å². The van der Waals surface area contributed by atoms with Gasteiger partial charge < -0.3 is 9.47 Å². The van der Waals surface area contributed by atoms with Crippen molar-refractivity contribution in [2.75, 3.05) is 13.2 Å². The third kappa shape index (κ3) is 22.7. The van der Waals surface area contributed by atoms with Gasteiger partial charge in [0.15, 0.2) is 5.25 Å². The van der Waals surface area contributed by atoms with Gasteiger partial charge in [-0.05, 0) is 12.8 Å². The number of esters is 2. The first-order valence-electron chi connectivity index (χ1n) is 10.8.